The van der Waals surface area contributed by atoms with E-state index < -0.39 is 42.8 Å². The molecular weight excluding hydrogens is 310 g/mol. The van der Waals surface area contributed by atoms with Crippen molar-refractivity contribution in [3.8, 4) is 0 Å². The van der Waals surface area contributed by atoms with Gasteiger partial charge in [0.25, 0.3) is 0 Å². The summed E-state index contributed by atoms with van der Waals surface area (Å²) in [5, 5.41) is 53.9. The van der Waals surface area contributed by atoms with Crippen LogP contribution in [0.2, 0.25) is 0 Å². The summed E-state index contributed by atoms with van der Waals surface area (Å²) in [6.45, 7) is -0.363. The van der Waals surface area contributed by atoms with E-state index in [0.717, 1.165) is 12.2 Å². The van der Waals surface area contributed by atoms with Gasteiger partial charge in [-0.3, -0.25) is 9.59 Å². The van der Waals surface area contributed by atoms with Crippen LogP contribution >= 0.6 is 0 Å². The maximum atomic E-state index is 11.3. The van der Waals surface area contributed by atoms with E-state index in [1.807, 2.05) is 0 Å². The summed E-state index contributed by atoms with van der Waals surface area (Å²) in [6, 6.07) is 0. The Morgan fingerprint density at radius 3 is 2.09 bits per heavy atom. The largest absolute Gasteiger partial charge is 0.394 e. The quantitative estimate of drug-likeness (QED) is 0.138. The molecule has 0 heterocycles. The van der Waals surface area contributed by atoms with Crippen LogP contribution in [0.25, 0.3) is 0 Å². The zero-order valence-corrected chi connectivity index (χ0v) is 12.8. The molecule has 0 fully saturated rings. The minimum absolute atomic E-state index is 0.0969. The molecular formula is C13H25N3O7. The zero-order valence-electron chi connectivity index (χ0n) is 12.8. The molecule has 8 N–H and O–H groups in total. The predicted octanol–water partition coefficient (Wildman–Crippen LogP) is -4.57. The van der Waals surface area contributed by atoms with Crippen molar-refractivity contribution in [1.82, 2.24) is 16.0 Å². The lowest BCUT2D eigenvalue weighted by Gasteiger charge is -2.25. The van der Waals surface area contributed by atoms with Crippen molar-refractivity contribution in [2.24, 2.45) is 0 Å². The Kier molecular flexibility index (Phi) is 11.1. The van der Waals surface area contributed by atoms with E-state index in [1.165, 1.54) is 7.05 Å². The summed E-state index contributed by atoms with van der Waals surface area (Å²) in [7, 11) is 1.44. The van der Waals surface area contributed by atoms with Crippen LogP contribution in [-0.4, -0.2) is 95.1 Å². The van der Waals surface area contributed by atoms with Crippen molar-refractivity contribution in [1.29, 1.82) is 0 Å². The third-order valence-corrected chi connectivity index (χ3v) is 2.91. The third kappa shape index (κ3) is 9.23. The van der Waals surface area contributed by atoms with Gasteiger partial charge in [-0.25, -0.2) is 0 Å². The van der Waals surface area contributed by atoms with Crippen LogP contribution in [0.3, 0.4) is 0 Å². The lowest BCUT2D eigenvalue weighted by atomic mass is 10.0. The van der Waals surface area contributed by atoms with Crippen LogP contribution in [0.5, 0.6) is 0 Å². The van der Waals surface area contributed by atoms with Crippen molar-refractivity contribution in [2.45, 2.75) is 24.4 Å². The second kappa shape index (κ2) is 11.9. The fourth-order valence-corrected chi connectivity index (χ4v) is 1.50. The highest BCUT2D eigenvalue weighted by atomic mass is 16.4. The molecule has 0 saturated carbocycles. The van der Waals surface area contributed by atoms with Crippen LogP contribution in [-0.2, 0) is 9.59 Å². The number of hydrogen-bond acceptors (Lipinski definition) is 8. The Hall–Kier alpha value is -1.56. The highest BCUT2D eigenvalue weighted by Gasteiger charge is 2.29. The van der Waals surface area contributed by atoms with E-state index in [4.69, 9.17) is 10.2 Å². The summed E-state index contributed by atoms with van der Waals surface area (Å²) in [4.78, 5) is 22.1. The molecule has 23 heavy (non-hydrogen) atoms. The molecule has 0 radical (unpaired) electrons. The van der Waals surface area contributed by atoms with Gasteiger partial charge >= 0.3 is 0 Å². The molecule has 10 nitrogen and oxygen atoms in total. The first-order chi connectivity index (χ1) is 10.8. The van der Waals surface area contributed by atoms with Crippen molar-refractivity contribution in [3.63, 3.8) is 0 Å². The highest BCUT2D eigenvalue weighted by molar-refractivity contribution is 5.96. The minimum Gasteiger partial charge on any atom is -0.394 e. The van der Waals surface area contributed by atoms with E-state index in [1.54, 1.807) is 0 Å². The number of aliphatic hydroxyl groups is 5. The zero-order chi connectivity index (χ0) is 17.8. The van der Waals surface area contributed by atoms with Crippen LogP contribution in [0.4, 0.5) is 0 Å². The van der Waals surface area contributed by atoms with E-state index in [-0.39, 0.29) is 19.6 Å². The maximum absolute atomic E-state index is 11.3. The summed E-state index contributed by atoms with van der Waals surface area (Å²) >= 11 is 0. The van der Waals surface area contributed by atoms with Crippen LogP contribution in [0.15, 0.2) is 12.2 Å². The first-order valence-electron chi connectivity index (χ1n) is 7.05. The molecule has 0 bridgehead atoms. The predicted molar refractivity (Wildman–Crippen MR) is 80.2 cm³/mol. The normalized spacial score (nSPS) is 16.6. The van der Waals surface area contributed by atoms with E-state index in [2.05, 4.69) is 16.0 Å². The number of carbonyl (C=O) groups is 2. The molecule has 10 heteroatoms. The summed E-state index contributed by atoms with van der Waals surface area (Å²) in [6.07, 6.45) is -4.07. The third-order valence-electron chi connectivity index (χ3n) is 2.91. The average Bonchev–Trinajstić information content (AvgIpc) is 2.56. The van der Waals surface area contributed by atoms with Crippen molar-refractivity contribution in [3.05, 3.63) is 12.2 Å². The fraction of sp³-hybridized carbons (Fsp3) is 0.692. The Bertz CT molecular complexity index is 392. The van der Waals surface area contributed by atoms with Crippen molar-refractivity contribution >= 4 is 11.8 Å². The number of rotatable bonds is 11. The fourth-order valence-electron chi connectivity index (χ4n) is 1.50. The second-order valence-corrected chi connectivity index (χ2v) is 4.74. The van der Waals surface area contributed by atoms with Gasteiger partial charge in [0.1, 0.15) is 18.3 Å². The number of nitrogens with one attached hydrogen (secondary N) is 3. The first kappa shape index (κ1) is 21.4. The molecule has 0 unspecified atom stereocenters. The number of hydrogen-bond donors (Lipinski definition) is 8. The van der Waals surface area contributed by atoms with E-state index in [9.17, 15) is 24.9 Å². The Balaban J connectivity index is 3.89. The summed E-state index contributed by atoms with van der Waals surface area (Å²) in [5.41, 5.74) is 0. The number of carbonyl (C=O) groups excluding carboxylic acids is 2. The van der Waals surface area contributed by atoms with Gasteiger partial charge in [-0.15, -0.1) is 0 Å². The van der Waals surface area contributed by atoms with Gasteiger partial charge in [0.15, 0.2) is 0 Å². The molecule has 0 aromatic heterocycles. The molecule has 0 rings (SSSR count). The Morgan fingerprint density at radius 2 is 1.52 bits per heavy atom. The molecule has 0 spiro atoms. The van der Waals surface area contributed by atoms with Crippen molar-refractivity contribution < 1.29 is 35.1 Å². The van der Waals surface area contributed by atoms with Gasteiger partial charge in [-0.1, -0.05) is 0 Å². The molecule has 0 aromatic carbocycles. The molecule has 0 saturated heterocycles. The number of amides is 2. The van der Waals surface area contributed by atoms with Gasteiger partial charge in [0.05, 0.1) is 12.7 Å². The first-order valence-corrected chi connectivity index (χ1v) is 7.05. The van der Waals surface area contributed by atoms with Crippen LogP contribution < -0.4 is 16.0 Å². The molecule has 0 aliphatic rings. The standard InChI is InChI=1S/C13H25N3O7/c1-14-10(20)2-3-11(21)16-5-4-15-6-8(18)12(22)13(23)9(19)7-17/h2-3,8-9,12-13,15,17-19,22-23H,4-7H2,1H3,(H,14,20)(H,16,21)/t8-,9+,12+,13+/m0/s1. The van der Waals surface area contributed by atoms with Crippen molar-refractivity contribution in [2.75, 3.05) is 33.3 Å². The Labute approximate surface area is 133 Å². The smallest absolute Gasteiger partial charge is 0.244 e. The second-order valence-electron chi connectivity index (χ2n) is 4.74. The van der Waals surface area contributed by atoms with Gasteiger partial charge < -0.3 is 41.5 Å². The number of aliphatic hydroxyl groups excluding tert-OH is 5. The van der Waals surface area contributed by atoms with Gasteiger partial charge in [-0.05, 0) is 0 Å². The number of likely N-dealkylation sites (N-methyl/N-ethyl adjacent to an activating group) is 1. The Morgan fingerprint density at radius 1 is 0.957 bits per heavy atom. The average molecular weight is 335 g/mol. The lowest BCUT2D eigenvalue weighted by Crippen LogP contribution is -2.49. The van der Waals surface area contributed by atoms with Gasteiger partial charge in [0, 0.05) is 38.8 Å². The summed E-state index contributed by atoms with van der Waals surface area (Å²) < 4.78 is 0. The molecule has 4 atom stereocenters. The molecule has 0 aromatic rings. The van der Waals surface area contributed by atoms with Gasteiger partial charge in [-0.2, -0.15) is 0 Å². The minimum atomic E-state index is -1.67. The van der Waals surface area contributed by atoms with Crippen LogP contribution in [0, 0.1) is 0 Å². The summed E-state index contributed by atoms with van der Waals surface area (Å²) in [5.74, 6) is -0.864. The van der Waals surface area contributed by atoms with Crippen LogP contribution in [0.1, 0.15) is 0 Å². The monoisotopic (exact) mass is 335 g/mol. The molecule has 134 valence electrons. The topological polar surface area (TPSA) is 171 Å². The molecule has 0 aliphatic heterocycles. The maximum Gasteiger partial charge on any atom is 0.244 e. The van der Waals surface area contributed by atoms with E-state index >= 15 is 0 Å². The van der Waals surface area contributed by atoms with Gasteiger partial charge in [0.2, 0.25) is 11.8 Å². The van der Waals surface area contributed by atoms with E-state index in [0.29, 0.717) is 0 Å². The lowest BCUT2D eigenvalue weighted by molar-refractivity contribution is -0.118. The molecule has 2 amide bonds. The highest BCUT2D eigenvalue weighted by Crippen LogP contribution is 2.04. The SMILES string of the molecule is CNC(=O)C=CC(=O)NCCNC[C@H](O)[C@@H](O)[C@H](O)[C@H](O)CO. The molecule has 0 aliphatic carbocycles.